The number of nitrogens with zero attached hydrogens (tertiary/aromatic N) is 2. The molecule has 0 bridgehead atoms. The molecule has 0 amide bonds. The molecule has 4 nitrogen and oxygen atoms in total. The maximum Gasteiger partial charge on any atom is 0.149 e. The molecule has 2 rings (SSSR count). The number of fused-ring (bicyclic) bond motifs is 1. The molecule has 0 saturated heterocycles. The fourth-order valence-electron chi connectivity index (χ4n) is 1.40. The lowest BCUT2D eigenvalue weighted by atomic mass is 10.2. The zero-order chi connectivity index (χ0) is 9.42. The van der Waals surface area contributed by atoms with Gasteiger partial charge in [0.15, 0.2) is 0 Å². The largest absolute Gasteiger partial charge is 0.494 e. The zero-order valence-electron chi connectivity index (χ0n) is 7.61. The maximum absolute atomic E-state index is 5.69. The Morgan fingerprint density at radius 1 is 1.46 bits per heavy atom. The summed E-state index contributed by atoms with van der Waals surface area (Å²) in [6, 6.07) is 3.65. The van der Waals surface area contributed by atoms with Crippen molar-refractivity contribution < 1.29 is 4.74 Å². The Morgan fingerprint density at radius 3 is 2.92 bits per heavy atom. The standard InChI is InChI=1S/C9H11N3O/c1-12-5-6-3-7(10)4-8(13-2)9(6)11-12/h3-5H,10H2,1-2H3. The first kappa shape index (κ1) is 7.91. The van der Waals surface area contributed by atoms with Crippen molar-refractivity contribution in [3.63, 3.8) is 0 Å². The van der Waals surface area contributed by atoms with Crippen LogP contribution in [0.25, 0.3) is 10.9 Å². The lowest BCUT2D eigenvalue weighted by Crippen LogP contribution is -1.90. The minimum absolute atomic E-state index is 0.692. The fourth-order valence-corrected chi connectivity index (χ4v) is 1.40. The lowest BCUT2D eigenvalue weighted by Gasteiger charge is -2.01. The number of methoxy groups -OCH3 is 1. The summed E-state index contributed by atoms with van der Waals surface area (Å²) in [6.07, 6.45) is 1.91. The summed E-state index contributed by atoms with van der Waals surface area (Å²) in [4.78, 5) is 0. The summed E-state index contributed by atoms with van der Waals surface area (Å²) in [5, 5.41) is 5.26. The molecule has 0 atom stereocenters. The molecule has 1 aromatic heterocycles. The Bertz CT molecular complexity index is 447. The second-order valence-corrected chi connectivity index (χ2v) is 2.96. The first-order valence-corrected chi connectivity index (χ1v) is 3.97. The average Bonchev–Trinajstić information content (AvgIpc) is 2.43. The molecule has 0 spiro atoms. The topological polar surface area (TPSA) is 53.1 Å². The van der Waals surface area contributed by atoms with Gasteiger partial charge in [-0.1, -0.05) is 0 Å². The molecule has 1 aromatic carbocycles. The van der Waals surface area contributed by atoms with Gasteiger partial charge in [0.05, 0.1) is 7.11 Å². The molecule has 0 aliphatic carbocycles. The van der Waals surface area contributed by atoms with Crippen molar-refractivity contribution >= 4 is 16.6 Å². The molecule has 0 aliphatic heterocycles. The number of nitrogens with two attached hydrogens (primary N) is 1. The highest BCUT2D eigenvalue weighted by atomic mass is 16.5. The SMILES string of the molecule is COc1cc(N)cc2cn(C)nc12. The van der Waals surface area contributed by atoms with Crippen LogP contribution in [0.1, 0.15) is 0 Å². The number of rotatable bonds is 1. The molecule has 68 valence electrons. The fraction of sp³-hybridized carbons (Fsp3) is 0.222. The first-order valence-electron chi connectivity index (χ1n) is 3.97. The number of hydrogen-bond acceptors (Lipinski definition) is 3. The van der Waals surface area contributed by atoms with E-state index in [1.165, 1.54) is 0 Å². The van der Waals surface area contributed by atoms with E-state index in [-0.39, 0.29) is 0 Å². The molecule has 0 unspecified atom stereocenters. The van der Waals surface area contributed by atoms with Crippen molar-refractivity contribution in [2.24, 2.45) is 7.05 Å². The van der Waals surface area contributed by atoms with Crippen LogP contribution in [0, 0.1) is 0 Å². The van der Waals surface area contributed by atoms with E-state index >= 15 is 0 Å². The Hall–Kier alpha value is -1.71. The van der Waals surface area contributed by atoms with E-state index < -0.39 is 0 Å². The molecule has 1 heterocycles. The van der Waals surface area contributed by atoms with Crippen LogP contribution >= 0.6 is 0 Å². The van der Waals surface area contributed by atoms with Crippen LogP contribution in [-0.4, -0.2) is 16.9 Å². The van der Waals surface area contributed by atoms with Crippen LogP contribution in [0.15, 0.2) is 18.3 Å². The first-order chi connectivity index (χ1) is 6.20. The quantitative estimate of drug-likeness (QED) is 0.665. The van der Waals surface area contributed by atoms with Crippen LogP contribution in [-0.2, 0) is 7.05 Å². The van der Waals surface area contributed by atoms with E-state index in [0.29, 0.717) is 5.69 Å². The molecular weight excluding hydrogens is 166 g/mol. The van der Waals surface area contributed by atoms with Crippen molar-refractivity contribution in [2.75, 3.05) is 12.8 Å². The predicted octanol–water partition coefficient (Wildman–Crippen LogP) is 1.16. The van der Waals surface area contributed by atoms with Gasteiger partial charge >= 0.3 is 0 Å². The third-order valence-corrected chi connectivity index (χ3v) is 1.93. The highest BCUT2D eigenvalue weighted by molar-refractivity contribution is 5.87. The maximum atomic E-state index is 5.69. The van der Waals surface area contributed by atoms with Crippen LogP contribution in [0.5, 0.6) is 5.75 Å². The highest BCUT2D eigenvalue weighted by Crippen LogP contribution is 2.26. The molecule has 13 heavy (non-hydrogen) atoms. The summed E-state index contributed by atoms with van der Waals surface area (Å²) >= 11 is 0. The molecule has 0 aliphatic rings. The molecule has 0 saturated carbocycles. The van der Waals surface area contributed by atoms with Gasteiger partial charge in [0.25, 0.3) is 0 Å². The van der Waals surface area contributed by atoms with Gasteiger partial charge in [0, 0.05) is 30.4 Å². The van der Waals surface area contributed by atoms with Crippen LogP contribution < -0.4 is 10.5 Å². The monoisotopic (exact) mass is 177 g/mol. The predicted molar refractivity (Wildman–Crippen MR) is 51.7 cm³/mol. The highest BCUT2D eigenvalue weighted by Gasteiger charge is 2.06. The van der Waals surface area contributed by atoms with E-state index in [4.69, 9.17) is 10.5 Å². The second kappa shape index (κ2) is 2.65. The van der Waals surface area contributed by atoms with Gasteiger partial charge in [0.2, 0.25) is 0 Å². The molecule has 4 heteroatoms. The molecule has 0 fully saturated rings. The minimum Gasteiger partial charge on any atom is -0.494 e. The van der Waals surface area contributed by atoms with Gasteiger partial charge in [0.1, 0.15) is 11.3 Å². The number of benzene rings is 1. The number of anilines is 1. The second-order valence-electron chi connectivity index (χ2n) is 2.96. The van der Waals surface area contributed by atoms with Crippen molar-refractivity contribution in [1.82, 2.24) is 9.78 Å². The molecule has 2 aromatic rings. The summed E-state index contributed by atoms with van der Waals surface area (Å²) < 4.78 is 6.91. The van der Waals surface area contributed by atoms with Gasteiger partial charge in [-0.05, 0) is 6.07 Å². The summed E-state index contributed by atoms with van der Waals surface area (Å²) in [5.74, 6) is 0.718. The number of nitrogen functional groups attached to an aromatic ring is 1. The van der Waals surface area contributed by atoms with E-state index in [9.17, 15) is 0 Å². The summed E-state index contributed by atoms with van der Waals surface area (Å²) in [7, 11) is 3.48. The van der Waals surface area contributed by atoms with Crippen LogP contribution in [0.3, 0.4) is 0 Å². The van der Waals surface area contributed by atoms with Crippen LogP contribution in [0.4, 0.5) is 5.69 Å². The minimum atomic E-state index is 0.692. The van der Waals surface area contributed by atoms with Crippen molar-refractivity contribution in [2.45, 2.75) is 0 Å². The zero-order valence-corrected chi connectivity index (χ0v) is 7.61. The molecule has 0 radical (unpaired) electrons. The van der Waals surface area contributed by atoms with Gasteiger partial charge in [-0.3, -0.25) is 4.68 Å². The van der Waals surface area contributed by atoms with Crippen LogP contribution in [0.2, 0.25) is 0 Å². The Labute approximate surface area is 75.9 Å². The smallest absolute Gasteiger partial charge is 0.149 e. The Morgan fingerprint density at radius 2 is 2.23 bits per heavy atom. The van der Waals surface area contributed by atoms with Gasteiger partial charge in [-0.25, -0.2) is 0 Å². The summed E-state index contributed by atoms with van der Waals surface area (Å²) in [5.41, 5.74) is 7.23. The van der Waals surface area contributed by atoms with E-state index in [1.807, 2.05) is 19.3 Å². The Kier molecular flexibility index (Phi) is 1.62. The van der Waals surface area contributed by atoms with Gasteiger partial charge in [-0.15, -0.1) is 0 Å². The van der Waals surface area contributed by atoms with Crippen molar-refractivity contribution in [3.8, 4) is 5.75 Å². The number of aromatic nitrogens is 2. The van der Waals surface area contributed by atoms with Crippen molar-refractivity contribution in [3.05, 3.63) is 18.3 Å². The molecule has 2 N–H and O–H groups in total. The third-order valence-electron chi connectivity index (χ3n) is 1.93. The van der Waals surface area contributed by atoms with Gasteiger partial charge in [-0.2, -0.15) is 5.10 Å². The normalized spacial score (nSPS) is 10.6. The number of ether oxygens (including phenoxy) is 1. The lowest BCUT2D eigenvalue weighted by molar-refractivity contribution is 0.418. The average molecular weight is 177 g/mol. The van der Waals surface area contributed by atoms with Crippen molar-refractivity contribution in [1.29, 1.82) is 0 Å². The summed E-state index contributed by atoms with van der Waals surface area (Å²) in [6.45, 7) is 0. The Balaban J connectivity index is 2.80. The number of hydrogen-bond donors (Lipinski definition) is 1. The number of aryl methyl sites for hydroxylation is 1. The third kappa shape index (κ3) is 1.20. The van der Waals surface area contributed by atoms with E-state index in [2.05, 4.69) is 5.10 Å². The van der Waals surface area contributed by atoms with Gasteiger partial charge < -0.3 is 10.5 Å². The van der Waals surface area contributed by atoms with E-state index in [1.54, 1.807) is 17.9 Å². The van der Waals surface area contributed by atoms with E-state index in [0.717, 1.165) is 16.7 Å². The molecular formula is C9H11N3O.